The van der Waals surface area contributed by atoms with Crippen molar-refractivity contribution >= 4 is 58.1 Å². The summed E-state index contributed by atoms with van der Waals surface area (Å²) in [4.78, 5) is 57.4. The van der Waals surface area contributed by atoms with Crippen molar-refractivity contribution < 1.29 is 29.1 Å². The molecular weight excluding hydrogens is 434 g/mol. The molecule has 13 heteroatoms. The lowest BCUT2D eigenvalue weighted by Crippen LogP contribution is -2.71. The average Bonchev–Trinajstić information content (AvgIpc) is 3.17. The number of β-lactam (4-membered cyclic amide) rings is 1. The average molecular weight is 449 g/mol. The number of hydrogen-bond acceptors (Lipinski definition) is 9. The van der Waals surface area contributed by atoms with Crippen molar-refractivity contribution in [3.63, 3.8) is 0 Å². The minimum atomic E-state index is -1.21. The van der Waals surface area contributed by atoms with Crippen molar-refractivity contribution in [2.75, 3.05) is 11.9 Å². The molecular formula is C17H15N5O6S2. The molecule has 2 unspecified atom stereocenters. The minimum Gasteiger partial charge on any atom is -0.477 e. The van der Waals surface area contributed by atoms with Gasteiger partial charge in [0.15, 0.2) is 17.5 Å². The highest BCUT2D eigenvalue weighted by Gasteiger charge is 2.54. The molecule has 0 radical (unpaired) electrons. The Hall–Kier alpha value is -3.37. The van der Waals surface area contributed by atoms with Crippen LogP contribution in [-0.2, 0) is 24.0 Å². The summed E-state index contributed by atoms with van der Waals surface area (Å²) in [7, 11) is 0. The van der Waals surface area contributed by atoms with Crippen LogP contribution < -0.4 is 10.6 Å². The van der Waals surface area contributed by atoms with Gasteiger partial charge in [-0.3, -0.25) is 19.3 Å². The Bertz CT molecular complexity index is 997. The number of aromatic nitrogens is 1. The smallest absolute Gasteiger partial charge is 0.352 e. The van der Waals surface area contributed by atoms with E-state index in [1.807, 2.05) is 0 Å². The first-order valence-electron chi connectivity index (χ1n) is 8.41. The van der Waals surface area contributed by atoms with Gasteiger partial charge < -0.3 is 20.6 Å². The monoisotopic (exact) mass is 449 g/mol. The maximum atomic E-state index is 12.8. The van der Waals surface area contributed by atoms with Gasteiger partial charge in [0.1, 0.15) is 22.8 Å². The lowest BCUT2D eigenvalue weighted by atomic mass is 10.0. The van der Waals surface area contributed by atoms with E-state index >= 15 is 0 Å². The number of oxime groups is 1. The Labute approximate surface area is 178 Å². The van der Waals surface area contributed by atoms with Crippen molar-refractivity contribution in [3.8, 4) is 12.3 Å². The molecule has 156 valence electrons. The molecule has 0 spiro atoms. The molecule has 0 saturated carbocycles. The molecule has 3 atom stereocenters. The van der Waals surface area contributed by atoms with Gasteiger partial charge in [0.05, 0.1) is 0 Å². The Balaban J connectivity index is 1.79. The fraction of sp³-hybridized carbons (Fsp3) is 0.294. The number of thioether (sulfide) groups is 1. The second-order valence-corrected chi connectivity index (χ2v) is 8.32. The van der Waals surface area contributed by atoms with Crippen LogP contribution in [0.2, 0.25) is 0 Å². The second-order valence-electron chi connectivity index (χ2n) is 5.97. The molecule has 1 aromatic heterocycles. The molecule has 1 aromatic rings. The summed E-state index contributed by atoms with van der Waals surface area (Å²) in [6.45, 7) is 1.60. The van der Waals surface area contributed by atoms with E-state index in [4.69, 9.17) is 11.3 Å². The zero-order valence-corrected chi connectivity index (χ0v) is 17.0. The molecule has 1 saturated heterocycles. The maximum Gasteiger partial charge on any atom is 0.352 e. The van der Waals surface area contributed by atoms with Crippen LogP contribution in [0.1, 0.15) is 12.6 Å². The van der Waals surface area contributed by atoms with Crippen LogP contribution >= 0.6 is 23.1 Å². The first kappa shape index (κ1) is 21.3. The van der Waals surface area contributed by atoms with Gasteiger partial charge >= 0.3 is 5.97 Å². The molecule has 3 heterocycles. The predicted molar refractivity (Wildman–Crippen MR) is 108 cm³/mol. The molecule has 30 heavy (non-hydrogen) atoms. The third-order valence-corrected chi connectivity index (χ3v) is 6.10. The number of amides is 3. The Morgan fingerprint density at radius 3 is 2.97 bits per heavy atom. The quantitative estimate of drug-likeness (QED) is 0.124. The zero-order valence-electron chi connectivity index (χ0n) is 15.4. The third-order valence-electron chi connectivity index (χ3n) is 4.00. The first-order valence-corrected chi connectivity index (χ1v) is 10.2. The summed E-state index contributed by atoms with van der Waals surface area (Å²) in [6.07, 6.45) is 7.03. The number of terminal acetylenes is 1. The van der Waals surface area contributed by atoms with Crippen molar-refractivity contribution in [3.05, 3.63) is 22.8 Å². The number of carbonyl (C=O) groups excluding carboxylic acids is 3. The number of hydrogen-bond donors (Lipinski definition) is 3. The zero-order chi connectivity index (χ0) is 21.8. The van der Waals surface area contributed by atoms with Gasteiger partial charge in [-0.05, 0) is 13.0 Å². The highest BCUT2D eigenvalue weighted by molar-refractivity contribution is 8.00. The number of rotatable bonds is 8. The number of aliphatic carboxylic acids is 1. The number of fused-ring (bicyclic) bond motifs is 1. The molecule has 0 aromatic carbocycles. The predicted octanol–water partition coefficient (Wildman–Crippen LogP) is -0.178. The SMILES string of the molecule is C#CCON=C(C(=O)NC1C(=O)N2C(C(=O)O)=CC(C)S[C@@H]12)c1csc(NC=O)n1. The van der Waals surface area contributed by atoms with E-state index in [2.05, 4.69) is 26.7 Å². The van der Waals surface area contributed by atoms with Gasteiger partial charge in [-0.2, -0.15) is 0 Å². The van der Waals surface area contributed by atoms with Crippen LogP contribution in [-0.4, -0.2) is 68.2 Å². The van der Waals surface area contributed by atoms with Crippen LogP contribution in [0.25, 0.3) is 0 Å². The number of carbonyl (C=O) groups is 4. The Morgan fingerprint density at radius 1 is 1.53 bits per heavy atom. The Kier molecular flexibility index (Phi) is 6.38. The topological polar surface area (TPSA) is 150 Å². The van der Waals surface area contributed by atoms with Crippen LogP contribution in [0.3, 0.4) is 0 Å². The lowest BCUT2D eigenvalue weighted by Gasteiger charge is -2.49. The van der Waals surface area contributed by atoms with Crippen LogP contribution in [0, 0.1) is 12.3 Å². The number of thiazole rings is 1. The standard InChI is InChI=1S/C17H15N5O6S2/c1-3-4-28-21-11(9-6-29-17(19-9)18-7-23)13(24)20-12-14(25)22-10(16(26)27)5-8(2)30-15(12)22/h1,5-8,12,15H,4H2,2H3,(H,20,24)(H,26,27)(H,18,19,23)/t8?,12?,15-/m0/s1. The Morgan fingerprint density at radius 2 is 2.30 bits per heavy atom. The van der Waals surface area contributed by atoms with Gasteiger partial charge in [0.2, 0.25) is 6.41 Å². The summed E-state index contributed by atoms with van der Waals surface area (Å²) in [5.74, 6) is -0.318. The van der Waals surface area contributed by atoms with E-state index < -0.39 is 29.2 Å². The van der Waals surface area contributed by atoms with E-state index in [-0.39, 0.29) is 34.1 Å². The van der Waals surface area contributed by atoms with Gasteiger partial charge in [0, 0.05) is 10.6 Å². The fourth-order valence-electron chi connectivity index (χ4n) is 2.78. The van der Waals surface area contributed by atoms with Crippen LogP contribution in [0.5, 0.6) is 0 Å². The molecule has 2 aliphatic heterocycles. The number of nitrogens with zero attached hydrogens (tertiary/aromatic N) is 3. The van der Waals surface area contributed by atoms with E-state index in [0.29, 0.717) is 6.41 Å². The van der Waals surface area contributed by atoms with Crippen molar-refractivity contribution in [2.45, 2.75) is 23.6 Å². The number of carboxylic acids is 1. The molecule has 3 amide bonds. The fourth-order valence-corrected chi connectivity index (χ4v) is 4.76. The molecule has 3 rings (SSSR count). The van der Waals surface area contributed by atoms with E-state index in [9.17, 15) is 24.3 Å². The van der Waals surface area contributed by atoms with E-state index in [1.54, 1.807) is 6.92 Å². The molecule has 0 bridgehead atoms. The van der Waals surface area contributed by atoms with E-state index in [1.165, 1.54) is 23.2 Å². The highest BCUT2D eigenvalue weighted by atomic mass is 32.2. The number of nitrogens with one attached hydrogen (secondary N) is 2. The summed E-state index contributed by atoms with van der Waals surface area (Å²) in [5.41, 5.74) is -0.245. The largest absolute Gasteiger partial charge is 0.477 e. The summed E-state index contributed by atoms with van der Waals surface area (Å²) in [5, 5.41) is 18.9. The van der Waals surface area contributed by atoms with Gasteiger partial charge in [0.25, 0.3) is 11.8 Å². The van der Waals surface area contributed by atoms with Crippen molar-refractivity contribution in [1.82, 2.24) is 15.2 Å². The summed E-state index contributed by atoms with van der Waals surface area (Å²) in [6, 6.07) is -0.947. The van der Waals surface area contributed by atoms with Crippen molar-refractivity contribution in [2.24, 2.45) is 5.16 Å². The second kappa shape index (κ2) is 8.97. The molecule has 11 nitrogen and oxygen atoms in total. The van der Waals surface area contributed by atoms with Gasteiger partial charge in [-0.1, -0.05) is 11.1 Å². The first-order chi connectivity index (χ1) is 14.4. The van der Waals surface area contributed by atoms with Gasteiger partial charge in [-0.25, -0.2) is 9.78 Å². The molecule has 3 N–H and O–H groups in total. The molecule has 2 aliphatic rings. The van der Waals surface area contributed by atoms with Crippen LogP contribution in [0.15, 0.2) is 22.3 Å². The number of carboxylic acid groups (broad SMARTS) is 1. The van der Waals surface area contributed by atoms with Gasteiger partial charge in [-0.15, -0.1) is 29.5 Å². The third kappa shape index (κ3) is 4.14. The maximum absolute atomic E-state index is 12.8. The number of anilines is 1. The highest BCUT2D eigenvalue weighted by Crippen LogP contribution is 2.40. The summed E-state index contributed by atoms with van der Waals surface area (Å²) >= 11 is 2.40. The van der Waals surface area contributed by atoms with E-state index in [0.717, 1.165) is 16.2 Å². The minimum absolute atomic E-state index is 0.110. The molecule has 1 fully saturated rings. The van der Waals surface area contributed by atoms with Crippen LogP contribution in [0.4, 0.5) is 5.13 Å². The summed E-state index contributed by atoms with van der Waals surface area (Å²) < 4.78 is 0. The van der Waals surface area contributed by atoms with Crippen molar-refractivity contribution in [1.29, 1.82) is 0 Å². The lowest BCUT2D eigenvalue weighted by molar-refractivity contribution is -0.150. The normalized spacial score (nSPS) is 22.7. The molecule has 0 aliphatic carbocycles.